The minimum absolute atomic E-state index is 0.175. The van der Waals surface area contributed by atoms with E-state index in [1.807, 2.05) is 38.1 Å². The molecule has 0 aliphatic rings. The average Bonchev–Trinajstić information content (AvgIpc) is 2.91. The van der Waals surface area contributed by atoms with E-state index in [1.54, 1.807) is 17.1 Å². The van der Waals surface area contributed by atoms with Crippen molar-refractivity contribution in [2.75, 3.05) is 5.32 Å². The van der Waals surface area contributed by atoms with Gasteiger partial charge in [0.05, 0.1) is 23.0 Å². The number of nitrogens with zero attached hydrogens (tertiary/aromatic N) is 3. The van der Waals surface area contributed by atoms with Gasteiger partial charge in [-0.05, 0) is 32.0 Å². The first-order valence-corrected chi connectivity index (χ1v) is 7.78. The smallest absolute Gasteiger partial charge is 0.259 e. The van der Waals surface area contributed by atoms with Crippen LogP contribution in [0.5, 0.6) is 0 Å². The third-order valence-electron chi connectivity index (χ3n) is 3.61. The van der Waals surface area contributed by atoms with Gasteiger partial charge >= 0.3 is 0 Å². The Kier molecular flexibility index (Phi) is 3.94. The number of benzene rings is 1. The van der Waals surface area contributed by atoms with Gasteiger partial charge in [0.2, 0.25) is 0 Å². The van der Waals surface area contributed by atoms with E-state index in [-0.39, 0.29) is 5.91 Å². The highest BCUT2D eigenvalue weighted by molar-refractivity contribution is 9.10. The SMILES string of the molecule is CCn1ncc(C(=O)Nc2ccc(Br)c3cccnc23)c1C. The molecule has 0 bridgehead atoms. The van der Waals surface area contributed by atoms with Crippen LogP contribution in [-0.4, -0.2) is 20.7 Å². The van der Waals surface area contributed by atoms with Crippen LogP contribution in [0.15, 0.2) is 41.1 Å². The van der Waals surface area contributed by atoms with Crippen LogP contribution in [0.25, 0.3) is 10.9 Å². The number of fused-ring (bicyclic) bond motifs is 1. The van der Waals surface area contributed by atoms with Gasteiger partial charge in [0.15, 0.2) is 0 Å². The number of aryl methyl sites for hydroxylation is 1. The Morgan fingerprint density at radius 3 is 2.91 bits per heavy atom. The number of amides is 1. The fourth-order valence-corrected chi connectivity index (χ4v) is 2.87. The molecule has 3 rings (SSSR count). The van der Waals surface area contributed by atoms with E-state index in [2.05, 4.69) is 31.3 Å². The fourth-order valence-electron chi connectivity index (χ4n) is 2.42. The van der Waals surface area contributed by atoms with Crippen molar-refractivity contribution in [1.82, 2.24) is 14.8 Å². The van der Waals surface area contributed by atoms with Crippen LogP contribution in [0.2, 0.25) is 0 Å². The molecule has 0 aliphatic carbocycles. The van der Waals surface area contributed by atoms with Gasteiger partial charge in [-0.3, -0.25) is 14.5 Å². The fraction of sp³-hybridized carbons (Fsp3) is 0.188. The van der Waals surface area contributed by atoms with E-state index in [4.69, 9.17) is 0 Å². The Morgan fingerprint density at radius 2 is 2.18 bits per heavy atom. The Bertz CT molecular complexity index is 856. The maximum Gasteiger partial charge on any atom is 0.259 e. The van der Waals surface area contributed by atoms with Gasteiger partial charge in [-0.2, -0.15) is 5.10 Å². The maximum atomic E-state index is 12.5. The number of rotatable bonds is 3. The number of aromatic nitrogens is 3. The van der Waals surface area contributed by atoms with Crippen LogP contribution < -0.4 is 5.32 Å². The first-order valence-electron chi connectivity index (χ1n) is 6.98. The van der Waals surface area contributed by atoms with Crippen molar-refractivity contribution in [3.8, 4) is 0 Å². The second-order valence-electron chi connectivity index (χ2n) is 4.91. The second-order valence-corrected chi connectivity index (χ2v) is 5.76. The summed E-state index contributed by atoms with van der Waals surface area (Å²) in [6.45, 7) is 4.62. The van der Waals surface area contributed by atoms with E-state index < -0.39 is 0 Å². The highest BCUT2D eigenvalue weighted by Gasteiger charge is 2.15. The Labute approximate surface area is 136 Å². The molecule has 2 aromatic heterocycles. The summed E-state index contributed by atoms with van der Waals surface area (Å²) in [5.41, 5.74) is 2.88. The first kappa shape index (κ1) is 14.7. The number of carbonyl (C=O) groups is 1. The van der Waals surface area contributed by atoms with Crippen molar-refractivity contribution in [2.24, 2.45) is 0 Å². The van der Waals surface area contributed by atoms with E-state index in [1.165, 1.54) is 0 Å². The quantitative estimate of drug-likeness (QED) is 0.774. The summed E-state index contributed by atoms with van der Waals surface area (Å²) >= 11 is 3.50. The van der Waals surface area contributed by atoms with Gasteiger partial charge in [-0.15, -0.1) is 0 Å². The summed E-state index contributed by atoms with van der Waals surface area (Å²) in [5, 5.41) is 8.10. The minimum atomic E-state index is -0.175. The molecule has 6 heteroatoms. The van der Waals surface area contributed by atoms with Gasteiger partial charge in [-0.25, -0.2) is 0 Å². The molecule has 1 N–H and O–H groups in total. The molecular weight excluding hydrogens is 344 g/mol. The van der Waals surface area contributed by atoms with E-state index in [0.717, 1.165) is 27.6 Å². The highest BCUT2D eigenvalue weighted by atomic mass is 79.9. The molecule has 112 valence electrons. The third-order valence-corrected chi connectivity index (χ3v) is 4.30. The molecule has 0 unspecified atom stereocenters. The number of carbonyl (C=O) groups excluding carboxylic acids is 1. The first-order chi connectivity index (χ1) is 10.6. The number of anilines is 1. The molecule has 0 aliphatic heterocycles. The van der Waals surface area contributed by atoms with Crippen molar-refractivity contribution < 1.29 is 4.79 Å². The molecule has 22 heavy (non-hydrogen) atoms. The summed E-state index contributed by atoms with van der Waals surface area (Å²) in [7, 11) is 0. The van der Waals surface area contributed by atoms with Gasteiger partial charge in [0.1, 0.15) is 0 Å². The summed E-state index contributed by atoms with van der Waals surface area (Å²) in [4.78, 5) is 16.9. The van der Waals surface area contributed by atoms with Gasteiger partial charge in [0, 0.05) is 28.3 Å². The Balaban J connectivity index is 1.98. The number of halogens is 1. The zero-order chi connectivity index (χ0) is 15.7. The molecule has 0 saturated carbocycles. The Morgan fingerprint density at radius 1 is 1.36 bits per heavy atom. The average molecular weight is 359 g/mol. The van der Waals surface area contributed by atoms with Gasteiger partial charge in [0.25, 0.3) is 5.91 Å². The van der Waals surface area contributed by atoms with Crippen molar-refractivity contribution in [1.29, 1.82) is 0 Å². The van der Waals surface area contributed by atoms with Crippen molar-refractivity contribution in [3.05, 3.63) is 52.4 Å². The number of pyridine rings is 1. The molecule has 3 aromatic rings. The third kappa shape index (κ3) is 2.50. The molecule has 0 atom stereocenters. The topological polar surface area (TPSA) is 59.8 Å². The summed E-state index contributed by atoms with van der Waals surface area (Å²) in [5.74, 6) is -0.175. The van der Waals surface area contributed by atoms with Crippen LogP contribution in [0.4, 0.5) is 5.69 Å². The number of hydrogen-bond acceptors (Lipinski definition) is 3. The monoisotopic (exact) mass is 358 g/mol. The van der Waals surface area contributed by atoms with E-state index in [9.17, 15) is 4.79 Å². The van der Waals surface area contributed by atoms with Crippen LogP contribution in [0.1, 0.15) is 23.0 Å². The van der Waals surface area contributed by atoms with Crippen molar-refractivity contribution in [2.45, 2.75) is 20.4 Å². The zero-order valence-corrected chi connectivity index (χ0v) is 13.9. The van der Waals surface area contributed by atoms with Crippen LogP contribution in [0.3, 0.4) is 0 Å². The predicted octanol–water partition coefficient (Wildman–Crippen LogP) is 3.77. The van der Waals surface area contributed by atoms with Crippen molar-refractivity contribution in [3.63, 3.8) is 0 Å². The molecule has 1 amide bonds. The summed E-state index contributed by atoms with van der Waals surface area (Å²) < 4.78 is 2.75. The largest absolute Gasteiger partial charge is 0.320 e. The normalized spacial score (nSPS) is 10.9. The minimum Gasteiger partial charge on any atom is -0.320 e. The molecule has 0 saturated heterocycles. The summed E-state index contributed by atoms with van der Waals surface area (Å²) in [6.07, 6.45) is 3.31. The Hall–Kier alpha value is -2.21. The predicted molar refractivity (Wildman–Crippen MR) is 90.0 cm³/mol. The zero-order valence-electron chi connectivity index (χ0n) is 12.3. The lowest BCUT2D eigenvalue weighted by Crippen LogP contribution is -2.13. The molecule has 0 spiro atoms. The lowest BCUT2D eigenvalue weighted by atomic mass is 10.1. The molecule has 5 nitrogen and oxygen atoms in total. The van der Waals surface area contributed by atoms with E-state index >= 15 is 0 Å². The lowest BCUT2D eigenvalue weighted by Gasteiger charge is -2.09. The van der Waals surface area contributed by atoms with Crippen molar-refractivity contribution >= 4 is 38.4 Å². The highest BCUT2D eigenvalue weighted by Crippen LogP contribution is 2.28. The maximum absolute atomic E-state index is 12.5. The van der Waals surface area contributed by atoms with Gasteiger partial charge in [-0.1, -0.05) is 22.0 Å². The lowest BCUT2D eigenvalue weighted by molar-refractivity contribution is 0.102. The standard InChI is InChI=1S/C16H15BrN4O/c1-3-21-10(2)12(9-19-21)16(22)20-14-7-6-13(17)11-5-4-8-18-15(11)14/h4-9H,3H2,1-2H3,(H,20,22). The molecule has 0 radical (unpaired) electrons. The number of hydrogen-bond donors (Lipinski definition) is 1. The van der Waals surface area contributed by atoms with Crippen LogP contribution in [0, 0.1) is 6.92 Å². The van der Waals surface area contributed by atoms with E-state index in [0.29, 0.717) is 11.3 Å². The molecule has 0 fully saturated rings. The van der Waals surface area contributed by atoms with Gasteiger partial charge < -0.3 is 5.32 Å². The van der Waals surface area contributed by atoms with Crippen LogP contribution in [-0.2, 0) is 6.54 Å². The molecular formula is C16H15BrN4O. The summed E-state index contributed by atoms with van der Waals surface area (Å²) in [6, 6.07) is 7.58. The number of nitrogens with one attached hydrogen (secondary N) is 1. The second kappa shape index (κ2) is 5.88. The molecule has 2 heterocycles. The van der Waals surface area contributed by atoms with Crippen LogP contribution >= 0.6 is 15.9 Å². The molecule has 1 aromatic carbocycles.